The second kappa shape index (κ2) is 5.43. The van der Waals surface area contributed by atoms with Crippen LogP contribution < -0.4 is 0 Å². The topological polar surface area (TPSA) is 76.1 Å². The number of ether oxygens (including phenoxy) is 1. The minimum atomic E-state index is -0.963. The zero-order valence-electron chi connectivity index (χ0n) is 11.4. The van der Waals surface area contributed by atoms with Crippen molar-refractivity contribution in [1.29, 1.82) is 5.26 Å². The number of carbonyl (C=O) groups is 1. The first-order valence-corrected chi connectivity index (χ1v) is 6.59. The Bertz CT molecular complexity index is 488. The zero-order valence-corrected chi connectivity index (χ0v) is 11.4. The van der Waals surface area contributed by atoms with Crippen molar-refractivity contribution in [1.82, 2.24) is 4.98 Å². The molecule has 0 aliphatic heterocycles. The van der Waals surface area contributed by atoms with Crippen LogP contribution in [-0.2, 0) is 16.1 Å². The second-order valence-electron chi connectivity index (χ2n) is 5.08. The van der Waals surface area contributed by atoms with Gasteiger partial charge in [0, 0.05) is 0 Å². The Kier molecular flexibility index (Phi) is 3.89. The molecule has 1 saturated carbocycles. The summed E-state index contributed by atoms with van der Waals surface area (Å²) in [5, 5.41) is 9.27. The fourth-order valence-corrected chi connectivity index (χ4v) is 2.38. The molecule has 1 heterocycles. The number of nitriles is 1. The van der Waals surface area contributed by atoms with Crippen LogP contribution in [0.25, 0.3) is 0 Å². The van der Waals surface area contributed by atoms with Gasteiger partial charge in [0.25, 0.3) is 0 Å². The van der Waals surface area contributed by atoms with E-state index in [9.17, 15) is 10.1 Å². The number of oxazole rings is 1. The summed E-state index contributed by atoms with van der Waals surface area (Å²) in [5.74, 6) is 0.661. The Morgan fingerprint density at radius 1 is 1.42 bits per heavy atom. The van der Waals surface area contributed by atoms with Gasteiger partial charge >= 0.3 is 5.97 Å². The molecule has 19 heavy (non-hydrogen) atoms. The van der Waals surface area contributed by atoms with Crippen molar-refractivity contribution in [3.8, 4) is 6.07 Å². The van der Waals surface area contributed by atoms with E-state index in [-0.39, 0.29) is 6.61 Å². The maximum absolute atomic E-state index is 12.1. The van der Waals surface area contributed by atoms with E-state index in [0.29, 0.717) is 18.7 Å². The fourth-order valence-electron chi connectivity index (χ4n) is 2.38. The molecule has 1 aliphatic carbocycles. The Morgan fingerprint density at radius 2 is 2.11 bits per heavy atom. The summed E-state index contributed by atoms with van der Waals surface area (Å²) in [6.07, 6.45) is 4.06. The minimum absolute atomic E-state index is 0.00303. The lowest BCUT2D eigenvalue weighted by Gasteiger charge is -2.27. The van der Waals surface area contributed by atoms with Crippen LogP contribution in [-0.4, -0.2) is 11.0 Å². The van der Waals surface area contributed by atoms with Crippen LogP contribution >= 0.6 is 0 Å². The lowest BCUT2D eigenvalue weighted by Crippen LogP contribution is -2.33. The number of aromatic nitrogens is 1. The van der Waals surface area contributed by atoms with Gasteiger partial charge in [-0.05, 0) is 26.7 Å². The maximum Gasteiger partial charge on any atom is 0.326 e. The van der Waals surface area contributed by atoms with E-state index >= 15 is 0 Å². The molecule has 0 aromatic carbocycles. The highest BCUT2D eigenvalue weighted by atomic mass is 16.5. The molecule has 1 aromatic heterocycles. The molecule has 102 valence electrons. The summed E-state index contributed by atoms with van der Waals surface area (Å²) in [4.78, 5) is 16.3. The predicted molar refractivity (Wildman–Crippen MR) is 66.9 cm³/mol. The van der Waals surface area contributed by atoms with Gasteiger partial charge in [-0.3, -0.25) is 4.79 Å². The predicted octanol–water partition coefficient (Wildman–Crippen LogP) is 2.81. The van der Waals surface area contributed by atoms with Crippen molar-refractivity contribution in [2.75, 3.05) is 0 Å². The lowest BCUT2D eigenvalue weighted by atomic mass is 9.75. The molecule has 0 radical (unpaired) electrons. The molecule has 1 fully saturated rings. The van der Waals surface area contributed by atoms with Crippen LogP contribution in [0.1, 0.15) is 49.4 Å². The van der Waals surface area contributed by atoms with Crippen molar-refractivity contribution in [3.63, 3.8) is 0 Å². The minimum Gasteiger partial charge on any atom is -0.454 e. The first-order valence-electron chi connectivity index (χ1n) is 6.59. The number of aryl methyl sites for hydroxylation is 2. The number of hydrogen-bond donors (Lipinski definition) is 0. The largest absolute Gasteiger partial charge is 0.454 e. The summed E-state index contributed by atoms with van der Waals surface area (Å²) in [7, 11) is 0. The molecule has 0 atom stereocenters. The summed E-state index contributed by atoms with van der Waals surface area (Å²) < 4.78 is 10.6. The number of esters is 1. The molecule has 0 spiro atoms. The van der Waals surface area contributed by atoms with Crippen LogP contribution in [0.15, 0.2) is 4.42 Å². The Morgan fingerprint density at radius 3 is 2.63 bits per heavy atom. The van der Waals surface area contributed by atoms with Crippen molar-refractivity contribution < 1.29 is 13.9 Å². The van der Waals surface area contributed by atoms with Crippen molar-refractivity contribution in [2.24, 2.45) is 5.41 Å². The van der Waals surface area contributed by atoms with Gasteiger partial charge in [-0.2, -0.15) is 5.26 Å². The lowest BCUT2D eigenvalue weighted by molar-refractivity contribution is -0.156. The molecule has 0 N–H and O–H groups in total. The van der Waals surface area contributed by atoms with E-state index < -0.39 is 11.4 Å². The molecule has 5 nitrogen and oxygen atoms in total. The molecular formula is C14H18N2O3. The van der Waals surface area contributed by atoms with Crippen LogP contribution in [0.3, 0.4) is 0 Å². The third-order valence-corrected chi connectivity index (χ3v) is 3.71. The summed E-state index contributed by atoms with van der Waals surface area (Å²) in [5.41, 5.74) is -0.173. The Labute approximate surface area is 112 Å². The maximum atomic E-state index is 12.1. The number of rotatable bonds is 3. The monoisotopic (exact) mass is 262 g/mol. The molecule has 5 heteroatoms. The van der Waals surface area contributed by atoms with Gasteiger partial charge in [-0.1, -0.05) is 19.3 Å². The normalized spacial score (nSPS) is 17.7. The molecule has 0 amide bonds. The second-order valence-corrected chi connectivity index (χ2v) is 5.08. The van der Waals surface area contributed by atoms with E-state index in [2.05, 4.69) is 11.1 Å². The van der Waals surface area contributed by atoms with Gasteiger partial charge in [0.15, 0.2) is 12.0 Å². The van der Waals surface area contributed by atoms with E-state index in [1.54, 1.807) is 0 Å². The van der Waals surface area contributed by atoms with E-state index in [1.165, 1.54) is 0 Å². The molecule has 0 saturated heterocycles. The van der Waals surface area contributed by atoms with Crippen LogP contribution in [0.5, 0.6) is 0 Å². The SMILES string of the molecule is Cc1nc(COC(=O)C2(C#N)CCCCC2)oc1C. The summed E-state index contributed by atoms with van der Waals surface area (Å²) in [6, 6.07) is 2.14. The standard InChI is InChI=1S/C14H18N2O3/c1-10-11(2)19-12(16-10)8-18-13(17)14(9-15)6-4-3-5-7-14/h3-8H2,1-2H3. The van der Waals surface area contributed by atoms with Gasteiger partial charge in [-0.15, -0.1) is 0 Å². The van der Waals surface area contributed by atoms with E-state index in [4.69, 9.17) is 9.15 Å². The average Bonchev–Trinajstić information content (AvgIpc) is 2.76. The highest BCUT2D eigenvalue weighted by Gasteiger charge is 2.41. The van der Waals surface area contributed by atoms with Gasteiger partial charge in [0.1, 0.15) is 5.76 Å². The number of nitrogens with zero attached hydrogens (tertiary/aromatic N) is 2. The number of carbonyl (C=O) groups excluding carboxylic acids is 1. The van der Waals surface area contributed by atoms with Crippen molar-refractivity contribution in [2.45, 2.75) is 52.6 Å². The molecule has 0 bridgehead atoms. The van der Waals surface area contributed by atoms with Gasteiger partial charge in [-0.25, -0.2) is 4.98 Å². The molecule has 2 rings (SSSR count). The average molecular weight is 262 g/mol. The first-order chi connectivity index (χ1) is 9.07. The summed E-state index contributed by atoms with van der Waals surface area (Å²) >= 11 is 0. The quantitative estimate of drug-likeness (QED) is 0.783. The summed E-state index contributed by atoms with van der Waals surface area (Å²) in [6.45, 7) is 3.64. The van der Waals surface area contributed by atoms with Gasteiger partial charge in [0.2, 0.25) is 5.89 Å². The highest BCUT2D eigenvalue weighted by Crippen LogP contribution is 2.37. The zero-order chi connectivity index (χ0) is 13.9. The van der Waals surface area contributed by atoms with Gasteiger partial charge in [0.05, 0.1) is 11.8 Å². The van der Waals surface area contributed by atoms with Crippen LogP contribution in [0.4, 0.5) is 0 Å². The number of hydrogen-bond acceptors (Lipinski definition) is 5. The van der Waals surface area contributed by atoms with Crippen molar-refractivity contribution >= 4 is 5.97 Å². The molecule has 1 aliphatic rings. The van der Waals surface area contributed by atoms with Crippen LogP contribution in [0, 0.1) is 30.6 Å². The van der Waals surface area contributed by atoms with E-state index in [0.717, 1.165) is 30.7 Å². The third-order valence-electron chi connectivity index (χ3n) is 3.71. The highest BCUT2D eigenvalue weighted by molar-refractivity contribution is 5.80. The van der Waals surface area contributed by atoms with E-state index in [1.807, 2.05) is 13.8 Å². The van der Waals surface area contributed by atoms with Crippen LogP contribution in [0.2, 0.25) is 0 Å². The fraction of sp³-hybridized carbons (Fsp3) is 0.643. The smallest absolute Gasteiger partial charge is 0.326 e. The third kappa shape index (κ3) is 2.78. The molecule has 1 aromatic rings. The molecular weight excluding hydrogens is 244 g/mol. The molecule has 0 unspecified atom stereocenters. The van der Waals surface area contributed by atoms with Crippen molar-refractivity contribution in [3.05, 3.63) is 17.3 Å². The first kappa shape index (κ1) is 13.6. The Hall–Kier alpha value is -1.83. The Balaban J connectivity index is 1.98. The van der Waals surface area contributed by atoms with Gasteiger partial charge < -0.3 is 9.15 Å².